The third kappa shape index (κ3) is 4.35. The van der Waals surface area contributed by atoms with E-state index in [0.29, 0.717) is 5.02 Å². The Morgan fingerprint density at radius 3 is 2.80 bits per heavy atom. The summed E-state index contributed by atoms with van der Waals surface area (Å²) in [5, 5.41) is 13.6. The lowest BCUT2D eigenvalue weighted by atomic mass is 9.89. The Kier molecular flexibility index (Phi) is 4.16. The monoisotopic (exact) mass is 225 g/mol. The lowest BCUT2D eigenvalue weighted by Crippen LogP contribution is -2.08. The first-order chi connectivity index (χ1) is 7.03. The van der Waals surface area contributed by atoms with Crippen molar-refractivity contribution in [1.29, 1.82) is 5.26 Å². The molecule has 1 rings (SSSR count). The van der Waals surface area contributed by atoms with Gasteiger partial charge in [0.15, 0.2) is 0 Å². The first-order valence-corrected chi connectivity index (χ1v) is 5.50. The van der Waals surface area contributed by atoms with Crippen molar-refractivity contribution in [3.05, 3.63) is 17.4 Å². The van der Waals surface area contributed by atoms with Gasteiger partial charge in [0.2, 0.25) is 0 Å². The normalized spacial score (nSPS) is 11.3. The van der Waals surface area contributed by atoms with E-state index < -0.39 is 0 Å². The van der Waals surface area contributed by atoms with Gasteiger partial charge in [-0.25, -0.2) is 0 Å². The molecule has 0 aliphatic heterocycles. The summed E-state index contributed by atoms with van der Waals surface area (Å²) in [4.78, 5) is 0. The summed E-state index contributed by atoms with van der Waals surface area (Å²) in [7, 11) is 0. The molecule has 0 atom stereocenters. The van der Waals surface area contributed by atoms with Gasteiger partial charge in [-0.15, -0.1) is 0 Å². The van der Waals surface area contributed by atoms with Crippen LogP contribution in [0.2, 0.25) is 5.02 Å². The third-order valence-corrected chi connectivity index (χ3v) is 2.54. The van der Waals surface area contributed by atoms with E-state index >= 15 is 0 Å². The minimum atomic E-state index is -0.207. The van der Waals surface area contributed by atoms with Crippen LogP contribution in [0.5, 0.6) is 0 Å². The molecular formula is C11H16ClN3. The zero-order valence-electron chi connectivity index (χ0n) is 9.20. The summed E-state index contributed by atoms with van der Waals surface area (Å²) in [5.41, 5.74) is -0.207. The second kappa shape index (κ2) is 5.18. The van der Waals surface area contributed by atoms with Crippen LogP contribution in [-0.2, 0) is 6.54 Å². The van der Waals surface area contributed by atoms with Crippen molar-refractivity contribution in [2.75, 3.05) is 0 Å². The maximum atomic E-state index is 8.83. The summed E-state index contributed by atoms with van der Waals surface area (Å²) in [5.74, 6) is 0. The average molecular weight is 226 g/mol. The molecule has 0 radical (unpaired) electrons. The largest absolute Gasteiger partial charge is 0.271 e. The summed E-state index contributed by atoms with van der Waals surface area (Å²) in [6.45, 7) is 4.81. The van der Waals surface area contributed by atoms with Gasteiger partial charge in [-0.1, -0.05) is 18.0 Å². The molecule has 0 N–H and O–H groups in total. The van der Waals surface area contributed by atoms with E-state index in [1.807, 2.05) is 24.7 Å². The van der Waals surface area contributed by atoms with E-state index in [-0.39, 0.29) is 5.41 Å². The zero-order chi connectivity index (χ0) is 11.3. The van der Waals surface area contributed by atoms with Crippen LogP contribution >= 0.6 is 11.6 Å². The fraction of sp³-hybridized carbons (Fsp3) is 0.636. The number of aromatic nitrogens is 2. The predicted molar refractivity (Wildman–Crippen MR) is 60.5 cm³/mol. The van der Waals surface area contributed by atoms with Gasteiger partial charge in [0, 0.05) is 12.7 Å². The van der Waals surface area contributed by atoms with Crippen LogP contribution in [-0.4, -0.2) is 9.78 Å². The van der Waals surface area contributed by atoms with E-state index in [0.717, 1.165) is 25.8 Å². The van der Waals surface area contributed by atoms with E-state index in [2.05, 4.69) is 11.2 Å². The van der Waals surface area contributed by atoms with Crippen LogP contribution in [0.1, 0.15) is 33.1 Å². The summed E-state index contributed by atoms with van der Waals surface area (Å²) in [6.07, 6.45) is 6.46. The van der Waals surface area contributed by atoms with Gasteiger partial charge >= 0.3 is 0 Å². The number of hydrogen-bond donors (Lipinski definition) is 0. The molecule has 1 heterocycles. The minimum absolute atomic E-state index is 0.207. The highest BCUT2D eigenvalue weighted by Gasteiger charge is 2.15. The minimum Gasteiger partial charge on any atom is -0.271 e. The SMILES string of the molecule is CC(C)(C#N)CCCCn1cc(Cl)cn1. The Morgan fingerprint density at radius 2 is 2.27 bits per heavy atom. The smallest absolute Gasteiger partial charge is 0.0785 e. The topological polar surface area (TPSA) is 41.6 Å². The average Bonchev–Trinajstić information content (AvgIpc) is 2.59. The number of aryl methyl sites for hydroxylation is 1. The Balaban J connectivity index is 2.21. The molecule has 1 aromatic rings. The summed E-state index contributed by atoms with van der Waals surface area (Å²) >= 11 is 5.74. The molecule has 0 amide bonds. The molecule has 0 aliphatic carbocycles. The summed E-state index contributed by atoms with van der Waals surface area (Å²) < 4.78 is 1.84. The molecular weight excluding hydrogens is 210 g/mol. The van der Waals surface area contributed by atoms with Crippen LogP contribution in [0.15, 0.2) is 12.4 Å². The standard InChI is InChI=1S/C11H16ClN3/c1-11(2,9-13)5-3-4-6-15-8-10(12)7-14-15/h7-8H,3-6H2,1-2H3. The number of halogens is 1. The second-order valence-electron chi connectivity index (χ2n) is 4.37. The molecule has 0 fully saturated rings. The summed E-state index contributed by atoms with van der Waals surface area (Å²) in [6, 6.07) is 2.30. The van der Waals surface area contributed by atoms with E-state index in [9.17, 15) is 0 Å². The van der Waals surface area contributed by atoms with E-state index in [1.54, 1.807) is 6.20 Å². The van der Waals surface area contributed by atoms with Gasteiger partial charge in [0.05, 0.1) is 22.7 Å². The quantitative estimate of drug-likeness (QED) is 0.722. The van der Waals surface area contributed by atoms with Gasteiger partial charge in [-0.3, -0.25) is 4.68 Å². The number of rotatable bonds is 5. The molecule has 0 aromatic carbocycles. The van der Waals surface area contributed by atoms with E-state index in [1.165, 1.54) is 0 Å². The molecule has 0 spiro atoms. The van der Waals surface area contributed by atoms with Gasteiger partial charge < -0.3 is 0 Å². The van der Waals surface area contributed by atoms with Gasteiger partial charge in [0.1, 0.15) is 0 Å². The molecule has 15 heavy (non-hydrogen) atoms. The highest BCUT2D eigenvalue weighted by atomic mass is 35.5. The Hall–Kier alpha value is -1.01. The van der Waals surface area contributed by atoms with Crippen LogP contribution in [0.3, 0.4) is 0 Å². The maximum Gasteiger partial charge on any atom is 0.0785 e. The molecule has 1 aromatic heterocycles. The molecule has 3 nitrogen and oxygen atoms in total. The van der Waals surface area contributed by atoms with Crippen molar-refractivity contribution in [2.24, 2.45) is 5.41 Å². The first-order valence-electron chi connectivity index (χ1n) is 5.13. The van der Waals surface area contributed by atoms with Crippen molar-refractivity contribution in [3.8, 4) is 6.07 Å². The van der Waals surface area contributed by atoms with Crippen LogP contribution in [0, 0.1) is 16.7 Å². The second-order valence-corrected chi connectivity index (χ2v) is 4.81. The number of hydrogen-bond acceptors (Lipinski definition) is 2. The van der Waals surface area contributed by atoms with E-state index in [4.69, 9.17) is 16.9 Å². The molecule has 0 bridgehead atoms. The van der Waals surface area contributed by atoms with Crippen LogP contribution < -0.4 is 0 Å². The van der Waals surface area contributed by atoms with Gasteiger partial charge in [-0.05, 0) is 26.7 Å². The van der Waals surface area contributed by atoms with Gasteiger partial charge in [-0.2, -0.15) is 10.4 Å². The number of unbranched alkanes of at least 4 members (excludes halogenated alkanes) is 1. The van der Waals surface area contributed by atoms with Crippen molar-refractivity contribution in [3.63, 3.8) is 0 Å². The zero-order valence-corrected chi connectivity index (χ0v) is 9.96. The lowest BCUT2D eigenvalue weighted by Gasteiger charge is -2.14. The molecule has 0 saturated carbocycles. The molecule has 0 unspecified atom stereocenters. The lowest BCUT2D eigenvalue weighted by molar-refractivity contribution is 0.412. The molecule has 4 heteroatoms. The van der Waals surface area contributed by atoms with Crippen molar-refractivity contribution in [2.45, 2.75) is 39.7 Å². The Bertz CT molecular complexity index is 349. The fourth-order valence-corrected chi connectivity index (χ4v) is 1.51. The van der Waals surface area contributed by atoms with Crippen LogP contribution in [0.4, 0.5) is 0 Å². The fourth-order valence-electron chi connectivity index (χ4n) is 1.36. The maximum absolute atomic E-state index is 8.83. The third-order valence-electron chi connectivity index (χ3n) is 2.34. The Labute approximate surface area is 95.7 Å². The van der Waals surface area contributed by atoms with Crippen molar-refractivity contribution < 1.29 is 0 Å². The highest BCUT2D eigenvalue weighted by molar-refractivity contribution is 6.30. The number of nitriles is 1. The molecule has 82 valence electrons. The Morgan fingerprint density at radius 1 is 1.53 bits per heavy atom. The first kappa shape index (κ1) is 12.1. The van der Waals surface area contributed by atoms with Crippen molar-refractivity contribution in [1.82, 2.24) is 9.78 Å². The molecule has 0 aliphatic rings. The van der Waals surface area contributed by atoms with Crippen molar-refractivity contribution >= 4 is 11.6 Å². The number of nitrogens with zero attached hydrogens (tertiary/aromatic N) is 3. The molecule has 0 saturated heterocycles. The predicted octanol–water partition coefficient (Wildman–Crippen LogP) is 3.26. The van der Waals surface area contributed by atoms with Crippen LogP contribution in [0.25, 0.3) is 0 Å². The van der Waals surface area contributed by atoms with Gasteiger partial charge in [0.25, 0.3) is 0 Å². The highest BCUT2D eigenvalue weighted by Crippen LogP contribution is 2.21.